The molecule has 0 amide bonds. The smallest absolute Gasteiger partial charge is 0.268 e. The van der Waals surface area contributed by atoms with E-state index >= 15 is 0 Å². The van der Waals surface area contributed by atoms with E-state index in [9.17, 15) is 13.7 Å². The summed E-state index contributed by atoms with van der Waals surface area (Å²) in [7, 11) is -4.08. The molecule has 2 atom stereocenters. The molecule has 1 aliphatic heterocycles. The molecule has 3 aromatic carbocycles. The Balaban J connectivity index is 1.66. The molecular formula is C32H29N3O3S. The molecule has 196 valence electrons. The minimum absolute atomic E-state index is 0.0743. The second kappa shape index (κ2) is 11.6. The maximum atomic E-state index is 14.5. The molecule has 0 saturated heterocycles. The van der Waals surface area contributed by atoms with Crippen LogP contribution in [-0.2, 0) is 14.8 Å². The van der Waals surface area contributed by atoms with E-state index in [-0.39, 0.29) is 10.8 Å². The molecule has 0 saturated carbocycles. The quantitative estimate of drug-likeness (QED) is 0.253. The second-order valence-corrected chi connectivity index (χ2v) is 11.2. The van der Waals surface area contributed by atoms with E-state index in [4.69, 9.17) is 4.74 Å². The number of ether oxygens (including phenoxy) is 1. The normalized spacial score (nSPS) is 17.7. The van der Waals surface area contributed by atoms with Crippen LogP contribution in [0.15, 0.2) is 108 Å². The molecule has 0 fully saturated rings. The van der Waals surface area contributed by atoms with E-state index in [0.29, 0.717) is 35.4 Å². The zero-order chi connectivity index (χ0) is 27.2. The summed E-state index contributed by atoms with van der Waals surface area (Å²) in [6.07, 6.45) is 8.20. The zero-order valence-electron chi connectivity index (χ0n) is 21.6. The maximum absolute atomic E-state index is 14.5. The number of benzene rings is 3. The Morgan fingerprint density at radius 2 is 1.79 bits per heavy atom. The number of allylic oxidation sites excluding steroid dienone is 2. The third kappa shape index (κ3) is 5.63. The van der Waals surface area contributed by atoms with Gasteiger partial charge in [0.15, 0.2) is 0 Å². The monoisotopic (exact) mass is 535 g/mol. The number of pyridine rings is 1. The van der Waals surface area contributed by atoms with Crippen molar-refractivity contribution in [2.45, 2.75) is 30.9 Å². The Labute approximate surface area is 229 Å². The van der Waals surface area contributed by atoms with Gasteiger partial charge in [-0.05, 0) is 41.8 Å². The minimum atomic E-state index is -4.08. The van der Waals surface area contributed by atoms with E-state index in [1.807, 2.05) is 61.5 Å². The van der Waals surface area contributed by atoms with Gasteiger partial charge in [-0.2, -0.15) is 5.26 Å². The second-order valence-electron chi connectivity index (χ2n) is 9.37. The molecule has 39 heavy (non-hydrogen) atoms. The van der Waals surface area contributed by atoms with Crippen molar-refractivity contribution >= 4 is 32.7 Å². The van der Waals surface area contributed by atoms with Crippen molar-refractivity contribution in [2.24, 2.45) is 5.92 Å². The number of sulfonamides is 1. The van der Waals surface area contributed by atoms with Gasteiger partial charge in [0.2, 0.25) is 0 Å². The standard InChI is InChI=1S/C32H29N3O3S/c1-2-20-38-31-22-26(14-13-24-8-4-3-5-9-24)21-29(27-17-15-25(23-33)16-18-27)35(31)39(36,37)30-12-6-10-28-11-7-19-34-32(28)30/h3-19,21,26,31H,2,20,22H2,1H3/b14-13+/t26-,31-/m1/s1. The van der Waals surface area contributed by atoms with E-state index in [1.165, 1.54) is 4.31 Å². The maximum Gasteiger partial charge on any atom is 0.268 e. The van der Waals surface area contributed by atoms with Gasteiger partial charge in [-0.15, -0.1) is 0 Å². The Bertz CT molecular complexity index is 1650. The van der Waals surface area contributed by atoms with Gasteiger partial charge >= 0.3 is 0 Å². The molecule has 0 radical (unpaired) electrons. The minimum Gasteiger partial charge on any atom is -0.357 e. The lowest BCUT2D eigenvalue weighted by atomic mass is 9.95. The van der Waals surface area contributed by atoms with Crippen LogP contribution in [-0.4, -0.2) is 30.5 Å². The van der Waals surface area contributed by atoms with E-state index < -0.39 is 16.3 Å². The first-order valence-electron chi connectivity index (χ1n) is 13.0. The van der Waals surface area contributed by atoms with Crippen LogP contribution < -0.4 is 0 Å². The summed E-state index contributed by atoms with van der Waals surface area (Å²) in [5.41, 5.74) is 3.19. The summed E-state index contributed by atoms with van der Waals surface area (Å²) in [6.45, 7) is 2.42. The number of rotatable bonds is 8. The van der Waals surface area contributed by atoms with E-state index in [2.05, 4.69) is 17.1 Å². The molecule has 1 aromatic heterocycles. The van der Waals surface area contributed by atoms with E-state index in [0.717, 1.165) is 17.4 Å². The molecule has 1 aliphatic rings. The first-order valence-corrected chi connectivity index (χ1v) is 14.4. The predicted octanol–water partition coefficient (Wildman–Crippen LogP) is 6.62. The van der Waals surface area contributed by atoms with Gasteiger partial charge in [0.05, 0.1) is 22.8 Å². The molecule has 5 rings (SSSR count). The number of fused-ring (bicyclic) bond motifs is 1. The SMILES string of the molecule is CCCO[C@@H]1C[C@H](/C=C/c2ccccc2)C=C(c2ccc(C#N)cc2)N1S(=O)(=O)c1cccc2cccnc12. The fourth-order valence-corrected chi connectivity index (χ4v) is 6.52. The van der Waals surface area contributed by atoms with Gasteiger partial charge in [0.1, 0.15) is 11.1 Å². The van der Waals surface area contributed by atoms with Crippen molar-refractivity contribution in [1.29, 1.82) is 5.26 Å². The van der Waals surface area contributed by atoms with Crippen LogP contribution in [0.3, 0.4) is 0 Å². The number of para-hydroxylation sites is 1. The van der Waals surface area contributed by atoms with Gasteiger partial charge in [0, 0.05) is 30.5 Å². The average Bonchev–Trinajstić information content (AvgIpc) is 2.98. The first-order chi connectivity index (χ1) is 19.0. The summed E-state index contributed by atoms with van der Waals surface area (Å²) in [6, 6.07) is 27.9. The summed E-state index contributed by atoms with van der Waals surface area (Å²) in [5, 5.41) is 10.1. The summed E-state index contributed by atoms with van der Waals surface area (Å²) >= 11 is 0. The number of nitriles is 1. The van der Waals surface area contributed by atoms with Gasteiger partial charge in [-0.3, -0.25) is 4.98 Å². The highest BCUT2D eigenvalue weighted by Crippen LogP contribution is 2.39. The number of nitrogens with zero attached hydrogens (tertiary/aromatic N) is 3. The van der Waals surface area contributed by atoms with Crippen LogP contribution in [0.25, 0.3) is 22.7 Å². The van der Waals surface area contributed by atoms with E-state index in [1.54, 1.807) is 48.7 Å². The van der Waals surface area contributed by atoms with Crippen molar-refractivity contribution in [1.82, 2.24) is 9.29 Å². The molecule has 0 bridgehead atoms. The topological polar surface area (TPSA) is 83.3 Å². The molecule has 4 aromatic rings. The van der Waals surface area contributed by atoms with Crippen LogP contribution in [0.4, 0.5) is 0 Å². The Morgan fingerprint density at radius 1 is 1.03 bits per heavy atom. The number of hydrogen-bond acceptors (Lipinski definition) is 5. The molecule has 0 spiro atoms. The Kier molecular flexibility index (Phi) is 7.87. The Hall–Kier alpha value is -4.25. The van der Waals surface area contributed by atoms with Gasteiger partial charge in [-0.25, -0.2) is 12.7 Å². The van der Waals surface area contributed by atoms with Crippen molar-refractivity contribution in [3.63, 3.8) is 0 Å². The summed E-state index contributed by atoms with van der Waals surface area (Å²) in [4.78, 5) is 4.54. The number of hydrogen-bond donors (Lipinski definition) is 0. The van der Waals surface area contributed by atoms with Crippen molar-refractivity contribution in [3.8, 4) is 6.07 Å². The lowest BCUT2D eigenvalue weighted by Gasteiger charge is -2.39. The first kappa shape index (κ1) is 26.4. The highest BCUT2D eigenvalue weighted by molar-refractivity contribution is 7.89. The third-order valence-electron chi connectivity index (χ3n) is 6.64. The van der Waals surface area contributed by atoms with Crippen molar-refractivity contribution in [3.05, 3.63) is 120 Å². The highest BCUT2D eigenvalue weighted by atomic mass is 32.2. The molecule has 6 nitrogen and oxygen atoms in total. The van der Waals surface area contributed by atoms with Gasteiger partial charge in [0.25, 0.3) is 10.0 Å². The number of aromatic nitrogens is 1. The van der Waals surface area contributed by atoms with Crippen molar-refractivity contribution in [2.75, 3.05) is 6.61 Å². The van der Waals surface area contributed by atoms with Crippen molar-refractivity contribution < 1.29 is 13.2 Å². The lowest BCUT2D eigenvalue weighted by Crippen LogP contribution is -2.44. The van der Waals surface area contributed by atoms with Crippen LogP contribution >= 0.6 is 0 Å². The molecule has 0 N–H and O–H groups in total. The fraction of sp³-hybridized carbons (Fsp3) is 0.188. The van der Waals surface area contributed by atoms with Gasteiger partial charge < -0.3 is 4.74 Å². The average molecular weight is 536 g/mol. The molecule has 0 unspecified atom stereocenters. The van der Waals surface area contributed by atoms with Gasteiger partial charge in [-0.1, -0.05) is 85.8 Å². The third-order valence-corrected chi connectivity index (χ3v) is 8.47. The van der Waals surface area contributed by atoms with Crippen LogP contribution in [0.2, 0.25) is 0 Å². The fourth-order valence-electron chi connectivity index (χ4n) is 4.76. The Morgan fingerprint density at radius 3 is 2.54 bits per heavy atom. The lowest BCUT2D eigenvalue weighted by molar-refractivity contribution is -0.0117. The molecule has 0 aliphatic carbocycles. The molecular weight excluding hydrogens is 506 g/mol. The van der Waals surface area contributed by atoms with Crippen LogP contribution in [0.5, 0.6) is 0 Å². The highest BCUT2D eigenvalue weighted by Gasteiger charge is 2.39. The summed E-state index contributed by atoms with van der Waals surface area (Å²) in [5.74, 6) is -0.0743. The molecule has 7 heteroatoms. The molecule has 2 heterocycles. The van der Waals surface area contributed by atoms with Crippen LogP contribution in [0.1, 0.15) is 36.5 Å². The van der Waals surface area contributed by atoms with Crippen LogP contribution in [0, 0.1) is 17.2 Å². The zero-order valence-corrected chi connectivity index (χ0v) is 22.5. The largest absolute Gasteiger partial charge is 0.357 e. The summed E-state index contributed by atoms with van der Waals surface area (Å²) < 4.78 is 36.6. The predicted molar refractivity (Wildman–Crippen MR) is 154 cm³/mol.